The van der Waals surface area contributed by atoms with Crippen LogP contribution in [0.4, 0.5) is 39.5 Å². The predicted molar refractivity (Wildman–Crippen MR) is 52.4 cm³/mol. The molecule has 0 bridgehead atoms. The summed E-state index contributed by atoms with van der Waals surface area (Å²) < 4.78 is 110. The van der Waals surface area contributed by atoms with E-state index in [1.807, 2.05) is 0 Å². The number of alkyl halides is 10. The zero-order valence-electron chi connectivity index (χ0n) is 8.35. The van der Waals surface area contributed by atoms with Crippen molar-refractivity contribution in [3.05, 3.63) is 0 Å². The molecular weight excluding hydrogens is 396 g/mol. The summed E-state index contributed by atoms with van der Waals surface area (Å²) in [5, 5.41) is 0. The highest BCUT2D eigenvalue weighted by Gasteiger charge is 2.81. The highest BCUT2D eigenvalue weighted by atomic mass is 127. The maximum Gasteiger partial charge on any atom is 0.460 e. The number of halogens is 10. The average Bonchev–Trinajstić information content (AvgIpc) is 2.14. The molecule has 0 aliphatic heterocycles. The summed E-state index contributed by atoms with van der Waals surface area (Å²) >= 11 is 1.16. The molecule has 0 aliphatic rings. The second-order valence-electron chi connectivity index (χ2n) is 3.39. The minimum atomic E-state index is -6.82. The van der Waals surface area contributed by atoms with Gasteiger partial charge < -0.3 is 5.73 Å². The van der Waals surface area contributed by atoms with Crippen LogP contribution in [0.15, 0.2) is 0 Å². The van der Waals surface area contributed by atoms with Gasteiger partial charge in [-0.2, -0.15) is 39.5 Å². The van der Waals surface area contributed by atoms with Gasteiger partial charge >= 0.3 is 23.9 Å². The molecule has 0 aromatic rings. The Morgan fingerprint density at radius 3 is 1.50 bits per heavy atom. The van der Waals surface area contributed by atoms with Gasteiger partial charge in [0, 0.05) is 16.9 Å². The molecule has 0 spiro atoms. The van der Waals surface area contributed by atoms with Gasteiger partial charge in [-0.25, -0.2) is 0 Å². The van der Waals surface area contributed by atoms with Crippen LogP contribution < -0.4 is 5.73 Å². The number of hydrogen-bond acceptors (Lipinski definition) is 1. The SMILES string of the molecule is NCC(I)CC(F)(F)C(F)(F)C(F)(F)C(F)(F)F. The topological polar surface area (TPSA) is 26.0 Å². The van der Waals surface area contributed by atoms with Crippen LogP contribution in [0, 0.1) is 0 Å². The molecule has 110 valence electrons. The standard InChI is InChI=1S/C7H7F9IN/c8-4(9,1-3(17)2-18)5(10,11)6(12,13)7(14,15)16/h3H,1-2,18H2. The molecule has 0 amide bonds. The van der Waals surface area contributed by atoms with Gasteiger partial charge in [-0.3, -0.25) is 0 Å². The lowest BCUT2D eigenvalue weighted by molar-refractivity contribution is -0.396. The van der Waals surface area contributed by atoms with Crippen molar-refractivity contribution in [1.29, 1.82) is 0 Å². The summed E-state index contributed by atoms with van der Waals surface area (Å²) in [5.74, 6) is -18.9. The van der Waals surface area contributed by atoms with Gasteiger partial charge in [-0.15, -0.1) is 0 Å². The van der Waals surface area contributed by atoms with E-state index in [4.69, 9.17) is 5.73 Å². The summed E-state index contributed by atoms with van der Waals surface area (Å²) in [4.78, 5) is 0. The van der Waals surface area contributed by atoms with Crippen molar-refractivity contribution in [2.24, 2.45) is 5.73 Å². The number of hydrogen-bond donors (Lipinski definition) is 1. The average molecular weight is 403 g/mol. The van der Waals surface area contributed by atoms with Gasteiger partial charge in [0.15, 0.2) is 0 Å². The van der Waals surface area contributed by atoms with Crippen LogP contribution in [0.5, 0.6) is 0 Å². The van der Waals surface area contributed by atoms with Gasteiger partial charge in [-0.05, 0) is 0 Å². The van der Waals surface area contributed by atoms with Crippen molar-refractivity contribution in [1.82, 2.24) is 0 Å². The van der Waals surface area contributed by atoms with E-state index in [1.54, 1.807) is 0 Å². The first-order valence-electron chi connectivity index (χ1n) is 4.25. The smallest absolute Gasteiger partial charge is 0.329 e. The molecule has 11 heteroatoms. The lowest BCUT2D eigenvalue weighted by atomic mass is 10.00. The van der Waals surface area contributed by atoms with Crippen molar-refractivity contribution in [3.63, 3.8) is 0 Å². The molecule has 0 radical (unpaired) electrons. The molecule has 0 fully saturated rings. The summed E-state index contributed by atoms with van der Waals surface area (Å²) in [6.07, 6.45) is -8.66. The molecule has 1 unspecified atom stereocenters. The highest BCUT2D eigenvalue weighted by molar-refractivity contribution is 14.1. The van der Waals surface area contributed by atoms with Gasteiger partial charge in [0.1, 0.15) is 0 Å². The van der Waals surface area contributed by atoms with E-state index < -0.39 is 40.8 Å². The van der Waals surface area contributed by atoms with Crippen LogP contribution in [0.25, 0.3) is 0 Å². The minimum Gasteiger partial charge on any atom is -0.329 e. The third-order valence-corrected chi connectivity index (χ3v) is 2.89. The minimum absolute atomic E-state index is 0.566. The van der Waals surface area contributed by atoms with E-state index in [-0.39, 0.29) is 0 Å². The molecule has 0 saturated carbocycles. The quantitative estimate of drug-likeness (QED) is 0.424. The van der Waals surface area contributed by atoms with E-state index in [0.29, 0.717) is 0 Å². The fourth-order valence-corrected chi connectivity index (χ4v) is 1.45. The molecule has 0 aromatic carbocycles. The molecule has 0 aromatic heterocycles. The molecule has 0 rings (SSSR count). The first kappa shape index (κ1) is 18.1. The van der Waals surface area contributed by atoms with Gasteiger partial charge in [0.05, 0.1) is 0 Å². The highest BCUT2D eigenvalue weighted by Crippen LogP contribution is 2.54. The van der Waals surface area contributed by atoms with Crippen molar-refractivity contribution in [2.45, 2.75) is 34.3 Å². The summed E-state index contributed by atoms with van der Waals surface area (Å²) in [6.45, 7) is -0.566. The van der Waals surface area contributed by atoms with Gasteiger partial charge in [-0.1, -0.05) is 22.6 Å². The Labute approximate surface area is 109 Å². The molecule has 1 nitrogen and oxygen atoms in total. The monoisotopic (exact) mass is 403 g/mol. The molecule has 0 saturated heterocycles. The van der Waals surface area contributed by atoms with E-state index >= 15 is 0 Å². The number of nitrogens with two attached hydrogens (primary N) is 1. The van der Waals surface area contributed by atoms with Crippen LogP contribution in [0.3, 0.4) is 0 Å². The Balaban J connectivity index is 5.36. The lowest BCUT2D eigenvalue weighted by Crippen LogP contribution is -2.61. The lowest BCUT2D eigenvalue weighted by Gasteiger charge is -2.34. The Hall–Kier alpha value is 0.0600. The fourth-order valence-electron chi connectivity index (χ4n) is 0.897. The Morgan fingerprint density at radius 1 is 0.833 bits per heavy atom. The second kappa shape index (κ2) is 5.21. The summed E-state index contributed by atoms with van der Waals surface area (Å²) in [6, 6.07) is 0. The van der Waals surface area contributed by atoms with Crippen molar-refractivity contribution in [2.75, 3.05) is 6.54 Å². The Bertz CT molecular complexity index is 287. The first-order valence-corrected chi connectivity index (χ1v) is 5.49. The summed E-state index contributed by atoms with van der Waals surface area (Å²) in [7, 11) is 0. The van der Waals surface area contributed by atoms with Crippen molar-refractivity contribution >= 4 is 22.6 Å². The van der Waals surface area contributed by atoms with Crippen LogP contribution in [0.2, 0.25) is 0 Å². The second-order valence-corrected chi connectivity index (χ2v) is 5.15. The summed E-state index contributed by atoms with van der Waals surface area (Å²) in [5.41, 5.74) is 4.82. The molecule has 0 heterocycles. The first-order chi connectivity index (χ1) is 7.70. The maximum atomic E-state index is 12.9. The van der Waals surface area contributed by atoms with E-state index in [9.17, 15) is 39.5 Å². The van der Waals surface area contributed by atoms with Crippen LogP contribution in [0.1, 0.15) is 6.42 Å². The third kappa shape index (κ3) is 3.14. The third-order valence-electron chi connectivity index (χ3n) is 1.94. The van der Waals surface area contributed by atoms with Gasteiger partial charge in [0.25, 0.3) is 0 Å². The van der Waals surface area contributed by atoms with Crippen LogP contribution in [-0.4, -0.2) is 34.4 Å². The molecule has 0 aliphatic carbocycles. The Kier molecular flexibility index (Phi) is 5.23. The number of rotatable bonds is 5. The fraction of sp³-hybridized carbons (Fsp3) is 1.00. The van der Waals surface area contributed by atoms with E-state index in [0.717, 1.165) is 22.6 Å². The largest absolute Gasteiger partial charge is 0.460 e. The predicted octanol–water partition coefficient (Wildman–Crippen LogP) is 3.61. The zero-order valence-corrected chi connectivity index (χ0v) is 10.5. The molecule has 2 N–H and O–H groups in total. The van der Waals surface area contributed by atoms with E-state index in [1.165, 1.54) is 0 Å². The molecule has 1 atom stereocenters. The van der Waals surface area contributed by atoms with Crippen molar-refractivity contribution < 1.29 is 39.5 Å². The molecular formula is C7H7F9IN. The Morgan fingerprint density at radius 2 is 1.22 bits per heavy atom. The normalized spacial score (nSPS) is 16.8. The van der Waals surface area contributed by atoms with Crippen LogP contribution >= 0.6 is 22.6 Å². The van der Waals surface area contributed by atoms with E-state index in [2.05, 4.69) is 0 Å². The van der Waals surface area contributed by atoms with Gasteiger partial charge in [0.2, 0.25) is 0 Å². The molecule has 18 heavy (non-hydrogen) atoms. The van der Waals surface area contributed by atoms with Crippen molar-refractivity contribution in [3.8, 4) is 0 Å². The maximum absolute atomic E-state index is 12.9. The van der Waals surface area contributed by atoms with Crippen LogP contribution in [-0.2, 0) is 0 Å². The zero-order chi connectivity index (χ0) is 15.0.